The number of amides is 1. The van der Waals surface area contributed by atoms with Crippen molar-refractivity contribution < 1.29 is 18.9 Å². The van der Waals surface area contributed by atoms with Crippen LogP contribution in [0.25, 0.3) is 6.08 Å². The molecule has 2 aromatic heterocycles. The zero-order chi connectivity index (χ0) is 19.2. The third-order valence-electron chi connectivity index (χ3n) is 3.57. The van der Waals surface area contributed by atoms with Gasteiger partial charge in [0.2, 0.25) is 5.91 Å². The molecule has 27 heavy (non-hydrogen) atoms. The third-order valence-corrected chi connectivity index (χ3v) is 3.57. The van der Waals surface area contributed by atoms with E-state index in [-0.39, 0.29) is 11.6 Å². The van der Waals surface area contributed by atoms with Crippen molar-refractivity contribution in [2.75, 3.05) is 12.4 Å². The molecule has 0 saturated heterocycles. The molecule has 0 aliphatic rings. The molecule has 0 bridgehead atoms. The normalized spacial score (nSPS) is 10.9. The molecular weight excluding hydrogens is 352 g/mol. The van der Waals surface area contributed by atoms with E-state index in [1.807, 2.05) is 24.3 Å². The van der Waals surface area contributed by atoms with Crippen LogP contribution in [0.3, 0.4) is 0 Å². The molecular formula is C18H16N4O5. The third kappa shape index (κ3) is 4.82. The number of benzene rings is 1. The lowest BCUT2D eigenvalue weighted by molar-refractivity contribution is -0.402. The van der Waals surface area contributed by atoms with Crippen molar-refractivity contribution in [1.82, 2.24) is 9.78 Å². The van der Waals surface area contributed by atoms with E-state index in [2.05, 4.69) is 10.4 Å². The summed E-state index contributed by atoms with van der Waals surface area (Å²) in [4.78, 5) is 21.9. The summed E-state index contributed by atoms with van der Waals surface area (Å²) in [7, 11) is 1.61. The smallest absolute Gasteiger partial charge is 0.433 e. The number of ether oxygens (including phenoxy) is 1. The van der Waals surface area contributed by atoms with Crippen molar-refractivity contribution in [3.8, 4) is 5.75 Å². The Kier molecular flexibility index (Phi) is 5.31. The summed E-state index contributed by atoms with van der Waals surface area (Å²) in [6.45, 7) is 0.527. The highest BCUT2D eigenvalue weighted by molar-refractivity contribution is 6.01. The quantitative estimate of drug-likeness (QED) is 0.389. The van der Waals surface area contributed by atoms with Crippen LogP contribution in [0.5, 0.6) is 5.75 Å². The maximum absolute atomic E-state index is 12.0. The number of carbonyl (C=O) groups is 1. The largest absolute Gasteiger partial charge is 0.497 e. The molecule has 3 rings (SSSR count). The molecule has 3 aromatic rings. The van der Waals surface area contributed by atoms with Crippen LogP contribution < -0.4 is 10.1 Å². The van der Waals surface area contributed by atoms with Gasteiger partial charge in [-0.05, 0) is 29.8 Å². The first-order valence-electron chi connectivity index (χ1n) is 7.92. The zero-order valence-corrected chi connectivity index (χ0v) is 14.4. The van der Waals surface area contributed by atoms with Crippen LogP contribution in [0, 0.1) is 10.1 Å². The minimum Gasteiger partial charge on any atom is -0.497 e. The molecule has 0 spiro atoms. The molecule has 2 heterocycles. The minimum absolute atomic E-state index is 0.213. The number of nitrogens with one attached hydrogen (secondary N) is 1. The van der Waals surface area contributed by atoms with E-state index >= 15 is 0 Å². The van der Waals surface area contributed by atoms with Crippen molar-refractivity contribution in [3.05, 3.63) is 76.3 Å². The van der Waals surface area contributed by atoms with Crippen LogP contribution in [-0.4, -0.2) is 27.7 Å². The first-order chi connectivity index (χ1) is 13.0. The van der Waals surface area contributed by atoms with Gasteiger partial charge in [0, 0.05) is 12.3 Å². The molecule has 138 valence electrons. The average molecular weight is 368 g/mol. The summed E-state index contributed by atoms with van der Waals surface area (Å²) in [6, 6.07) is 10.2. The molecule has 0 saturated carbocycles. The summed E-state index contributed by atoms with van der Waals surface area (Å²) in [6.07, 6.45) is 5.80. The van der Waals surface area contributed by atoms with Crippen LogP contribution in [0.15, 0.2) is 59.3 Å². The van der Waals surface area contributed by atoms with Crippen molar-refractivity contribution in [3.63, 3.8) is 0 Å². The second kappa shape index (κ2) is 8.00. The van der Waals surface area contributed by atoms with Gasteiger partial charge in [-0.3, -0.25) is 19.6 Å². The zero-order valence-electron chi connectivity index (χ0n) is 14.4. The van der Waals surface area contributed by atoms with Gasteiger partial charge in [-0.15, -0.1) is 0 Å². The van der Waals surface area contributed by atoms with Crippen molar-refractivity contribution in [1.29, 1.82) is 0 Å². The molecule has 9 nitrogen and oxygen atoms in total. The highest BCUT2D eigenvalue weighted by Gasteiger charge is 2.10. The van der Waals surface area contributed by atoms with E-state index < -0.39 is 10.8 Å². The molecule has 0 radical (unpaired) electrons. The van der Waals surface area contributed by atoms with Crippen LogP contribution in [0.4, 0.5) is 11.6 Å². The first kappa shape index (κ1) is 17.9. The Hall–Kier alpha value is -3.88. The van der Waals surface area contributed by atoms with Crippen LogP contribution in [0.1, 0.15) is 11.3 Å². The molecule has 0 unspecified atom stereocenters. The van der Waals surface area contributed by atoms with E-state index in [1.165, 1.54) is 30.5 Å². The van der Waals surface area contributed by atoms with E-state index in [9.17, 15) is 14.9 Å². The average Bonchev–Trinajstić information content (AvgIpc) is 3.30. The van der Waals surface area contributed by atoms with Crippen LogP contribution in [-0.2, 0) is 11.3 Å². The summed E-state index contributed by atoms with van der Waals surface area (Å²) >= 11 is 0. The lowest BCUT2D eigenvalue weighted by Gasteiger charge is -2.04. The van der Waals surface area contributed by atoms with Crippen LogP contribution >= 0.6 is 0 Å². The fourth-order valence-electron chi connectivity index (χ4n) is 2.34. The number of nitro groups is 1. The lowest BCUT2D eigenvalue weighted by atomic mass is 10.2. The first-order valence-corrected chi connectivity index (χ1v) is 7.92. The second-order valence-corrected chi connectivity index (χ2v) is 5.53. The van der Waals surface area contributed by atoms with Gasteiger partial charge in [-0.25, -0.2) is 0 Å². The number of nitrogens with zero attached hydrogens (tertiary/aromatic N) is 3. The number of furan rings is 1. The highest BCUT2D eigenvalue weighted by atomic mass is 16.6. The van der Waals surface area contributed by atoms with Gasteiger partial charge < -0.3 is 14.5 Å². The summed E-state index contributed by atoms with van der Waals surface area (Å²) < 4.78 is 11.8. The summed E-state index contributed by atoms with van der Waals surface area (Å²) in [5.74, 6) is 0.186. The maximum Gasteiger partial charge on any atom is 0.433 e. The Labute approximate surface area is 154 Å². The van der Waals surface area contributed by atoms with Gasteiger partial charge in [0.25, 0.3) is 0 Å². The van der Waals surface area contributed by atoms with Gasteiger partial charge >= 0.3 is 5.88 Å². The van der Waals surface area contributed by atoms with E-state index in [0.29, 0.717) is 12.2 Å². The van der Waals surface area contributed by atoms with E-state index in [4.69, 9.17) is 9.15 Å². The SMILES string of the molecule is COc1cccc(Cn2cc(NC(=O)/C=C/c3ccc([N+](=O)[O-])o3)cn2)c1. The van der Waals surface area contributed by atoms with Crippen LogP contribution in [0.2, 0.25) is 0 Å². The number of methoxy groups -OCH3 is 1. The van der Waals surface area contributed by atoms with E-state index in [0.717, 1.165) is 11.3 Å². The van der Waals surface area contributed by atoms with Gasteiger partial charge in [-0.1, -0.05) is 12.1 Å². The Morgan fingerprint density at radius 1 is 1.41 bits per heavy atom. The predicted molar refractivity (Wildman–Crippen MR) is 97.3 cm³/mol. The second-order valence-electron chi connectivity index (χ2n) is 5.53. The lowest BCUT2D eigenvalue weighted by Crippen LogP contribution is -2.07. The maximum atomic E-state index is 12.0. The molecule has 0 atom stereocenters. The fraction of sp³-hybridized carbons (Fsp3) is 0.111. The number of carbonyl (C=O) groups excluding carboxylic acids is 1. The monoisotopic (exact) mass is 368 g/mol. The number of hydrogen-bond donors (Lipinski definition) is 1. The fourth-order valence-corrected chi connectivity index (χ4v) is 2.34. The Morgan fingerprint density at radius 3 is 3.00 bits per heavy atom. The van der Waals surface area contributed by atoms with E-state index in [1.54, 1.807) is 18.0 Å². The molecule has 0 fully saturated rings. The number of rotatable bonds is 7. The van der Waals surface area contributed by atoms with Gasteiger partial charge in [0.05, 0.1) is 31.6 Å². The number of aromatic nitrogens is 2. The standard InChI is InChI=1S/C18H16N4O5/c1-26-16-4-2-3-13(9-16)11-21-12-14(10-19-21)20-17(23)7-5-15-6-8-18(27-15)22(24)25/h2-10,12H,11H2,1H3,(H,20,23)/b7-5+. The Balaban J connectivity index is 1.58. The topological polar surface area (TPSA) is 112 Å². The minimum atomic E-state index is -0.645. The predicted octanol–water partition coefficient (Wildman–Crippen LogP) is 3.09. The molecule has 0 aliphatic heterocycles. The number of hydrogen-bond acceptors (Lipinski definition) is 6. The molecule has 9 heteroatoms. The Bertz CT molecular complexity index is 989. The molecule has 1 N–H and O–H groups in total. The summed E-state index contributed by atoms with van der Waals surface area (Å²) in [5.41, 5.74) is 1.53. The molecule has 1 aromatic carbocycles. The summed E-state index contributed by atoms with van der Waals surface area (Å²) in [5, 5.41) is 17.4. The van der Waals surface area contributed by atoms with Crippen molar-refractivity contribution >= 4 is 23.6 Å². The van der Waals surface area contributed by atoms with Gasteiger partial charge in [-0.2, -0.15) is 5.10 Å². The van der Waals surface area contributed by atoms with Crippen molar-refractivity contribution in [2.24, 2.45) is 0 Å². The molecule has 0 aliphatic carbocycles. The molecule has 1 amide bonds. The Morgan fingerprint density at radius 2 is 2.26 bits per heavy atom. The highest BCUT2D eigenvalue weighted by Crippen LogP contribution is 2.17. The van der Waals surface area contributed by atoms with Gasteiger partial charge in [0.15, 0.2) is 0 Å². The van der Waals surface area contributed by atoms with Gasteiger partial charge in [0.1, 0.15) is 16.4 Å². The van der Waals surface area contributed by atoms with Crippen molar-refractivity contribution in [2.45, 2.75) is 6.54 Å². The number of anilines is 1.